The van der Waals surface area contributed by atoms with E-state index in [-0.39, 0.29) is 5.97 Å². The van der Waals surface area contributed by atoms with E-state index in [2.05, 4.69) is 30.1 Å². The lowest BCUT2D eigenvalue weighted by Gasteiger charge is -2.13. The lowest BCUT2D eigenvalue weighted by atomic mass is 9.94. The van der Waals surface area contributed by atoms with Crippen molar-refractivity contribution < 1.29 is 9.53 Å². The van der Waals surface area contributed by atoms with Crippen LogP contribution in [-0.4, -0.2) is 17.6 Å². The van der Waals surface area contributed by atoms with Crippen molar-refractivity contribution in [2.75, 3.05) is 6.61 Å². The molecule has 25 heavy (non-hydrogen) atoms. The van der Waals surface area contributed by atoms with E-state index in [4.69, 9.17) is 4.74 Å². The molecule has 0 bridgehead atoms. The Hall–Kier alpha value is -2.94. The molecule has 0 fully saturated rings. The molecule has 0 unspecified atom stereocenters. The van der Waals surface area contributed by atoms with Crippen molar-refractivity contribution in [3.63, 3.8) is 0 Å². The van der Waals surface area contributed by atoms with Crippen molar-refractivity contribution in [2.24, 2.45) is 0 Å². The fourth-order valence-electron chi connectivity index (χ4n) is 2.91. The molecule has 3 nitrogen and oxygen atoms in total. The molecule has 1 heterocycles. The number of aryl methyl sites for hydroxylation is 1. The van der Waals surface area contributed by atoms with Crippen molar-refractivity contribution >= 4 is 5.97 Å². The summed E-state index contributed by atoms with van der Waals surface area (Å²) in [6.45, 7) is 4.22. The number of esters is 1. The van der Waals surface area contributed by atoms with Crippen molar-refractivity contribution in [3.8, 4) is 11.3 Å². The number of carbonyl (C=O) groups excluding carboxylic acids is 1. The van der Waals surface area contributed by atoms with Crippen LogP contribution in [0.15, 0.2) is 66.9 Å². The van der Waals surface area contributed by atoms with Gasteiger partial charge >= 0.3 is 5.97 Å². The van der Waals surface area contributed by atoms with Gasteiger partial charge in [0.05, 0.1) is 17.9 Å². The molecule has 0 aliphatic rings. The third kappa shape index (κ3) is 3.94. The zero-order valence-electron chi connectivity index (χ0n) is 14.5. The maximum atomic E-state index is 12.3. The van der Waals surface area contributed by atoms with Crippen molar-refractivity contribution in [1.29, 1.82) is 0 Å². The first-order valence-corrected chi connectivity index (χ1v) is 8.45. The molecule has 0 saturated heterocycles. The molecule has 3 rings (SSSR count). The van der Waals surface area contributed by atoms with E-state index in [1.165, 1.54) is 11.1 Å². The molecule has 2 aromatic carbocycles. The zero-order valence-corrected chi connectivity index (χ0v) is 14.5. The van der Waals surface area contributed by atoms with Crippen LogP contribution < -0.4 is 0 Å². The van der Waals surface area contributed by atoms with Gasteiger partial charge in [0.15, 0.2) is 0 Å². The van der Waals surface area contributed by atoms with Gasteiger partial charge in [-0.15, -0.1) is 0 Å². The largest absolute Gasteiger partial charge is 0.462 e. The Morgan fingerprint density at radius 2 is 1.84 bits per heavy atom. The second-order valence-corrected chi connectivity index (χ2v) is 5.94. The number of ether oxygens (including phenoxy) is 1. The number of carbonyl (C=O) groups is 1. The number of benzene rings is 2. The Labute approximate surface area is 148 Å². The van der Waals surface area contributed by atoms with Crippen molar-refractivity contribution in [1.82, 2.24) is 4.98 Å². The summed E-state index contributed by atoms with van der Waals surface area (Å²) in [6, 6.07) is 20.1. The molecule has 0 N–H and O–H groups in total. The topological polar surface area (TPSA) is 39.2 Å². The van der Waals surface area contributed by atoms with Crippen molar-refractivity contribution in [3.05, 3.63) is 89.1 Å². The van der Waals surface area contributed by atoms with Gasteiger partial charge in [-0.05, 0) is 43.5 Å². The smallest absolute Gasteiger partial charge is 0.340 e. The lowest BCUT2D eigenvalue weighted by molar-refractivity contribution is 0.0527. The second kappa shape index (κ2) is 7.75. The maximum Gasteiger partial charge on any atom is 0.340 e. The molecule has 0 amide bonds. The average molecular weight is 331 g/mol. The van der Waals surface area contributed by atoms with Crippen LogP contribution in [0.5, 0.6) is 0 Å². The SMILES string of the molecule is CCOC(=O)c1cccnc1-c1ccc(C)cc1Cc1ccccc1. The molecule has 0 aliphatic heterocycles. The van der Waals surface area contributed by atoms with Crippen LogP contribution in [0.2, 0.25) is 0 Å². The third-order valence-electron chi connectivity index (χ3n) is 4.06. The fraction of sp³-hybridized carbons (Fsp3) is 0.182. The van der Waals surface area contributed by atoms with Gasteiger partial charge in [-0.2, -0.15) is 0 Å². The molecule has 126 valence electrons. The summed E-state index contributed by atoms with van der Waals surface area (Å²) in [5.41, 5.74) is 5.70. The van der Waals surface area contributed by atoms with Crippen LogP contribution in [0.4, 0.5) is 0 Å². The first kappa shape index (κ1) is 16.9. The number of aromatic nitrogens is 1. The highest BCUT2D eigenvalue weighted by Gasteiger charge is 2.17. The fourth-order valence-corrected chi connectivity index (χ4v) is 2.91. The Morgan fingerprint density at radius 1 is 1.04 bits per heavy atom. The summed E-state index contributed by atoms with van der Waals surface area (Å²) in [5, 5.41) is 0. The Balaban J connectivity index is 2.08. The van der Waals surface area contributed by atoms with Crippen LogP contribution in [-0.2, 0) is 11.2 Å². The minimum atomic E-state index is -0.336. The molecule has 0 atom stereocenters. The minimum absolute atomic E-state index is 0.336. The summed E-state index contributed by atoms with van der Waals surface area (Å²) in [6.07, 6.45) is 2.50. The lowest BCUT2D eigenvalue weighted by Crippen LogP contribution is -2.08. The monoisotopic (exact) mass is 331 g/mol. The van der Waals surface area contributed by atoms with E-state index in [1.807, 2.05) is 30.3 Å². The molecule has 3 heteroatoms. The zero-order chi connectivity index (χ0) is 17.6. The van der Waals surface area contributed by atoms with Crippen LogP contribution in [0.25, 0.3) is 11.3 Å². The van der Waals surface area contributed by atoms with Gasteiger partial charge in [0.2, 0.25) is 0 Å². The predicted molar refractivity (Wildman–Crippen MR) is 99.6 cm³/mol. The van der Waals surface area contributed by atoms with Crippen molar-refractivity contribution in [2.45, 2.75) is 20.3 Å². The average Bonchev–Trinajstić information content (AvgIpc) is 2.63. The van der Waals surface area contributed by atoms with E-state index in [9.17, 15) is 4.79 Å². The number of hydrogen-bond donors (Lipinski definition) is 0. The molecule has 0 saturated carbocycles. The van der Waals surface area contributed by atoms with Crippen LogP contribution in [0, 0.1) is 6.92 Å². The first-order chi connectivity index (χ1) is 12.2. The number of rotatable bonds is 5. The molecular weight excluding hydrogens is 310 g/mol. The summed E-state index contributed by atoms with van der Waals surface area (Å²) >= 11 is 0. The van der Waals surface area contributed by atoms with Gasteiger partial charge < -0.3 is 4.74 Å². The summed E-state index contributed by atoms with van der Waals surface area (Å²) < 4.78 is 5.19. The van der Waals surface area contributed by atoms with E-state index in [0.717, 1.165) is 17.5 Å². The number of hydrogen-bond acceptors (Lipinski definition) is 3. The molecule has 1 aromatic heterocycles. The Morgan fingerprint density at radius 3 is 2.60 bits per heavy atom. The van der Waals surface area contributed by atoms with E-state index in [1.54, 1.807) is 25.3 Å². The van der Waals surface area contributed by atoms with Gasteiger partial charge in [0.1, 0.15) is 0 Å². The molecular formula is C22H21NO2. The Bertz CT molecular complexity index is 872. The minimum Gasteiger partial charge on any atom is -0.462 e. The molecule has 0 aliphatic carbocycles. The van der Waals surface area contributed by atoms with Gasteiger partial charge in [0.25, 0.3) is 0 Å². The van der Waals surface area contributed by atoms with E-state index >= 15 is 0 Å². The number of pyridine rings is 1. The van der Waals surface area contributed by atoms with Crippen LogP contribution >= 0.6 is 0 Å². The summed E-state index contributed by atoms with van der Waals surface area (Å²) in [7, 11) is 0. The highest BCUT2D eigenvalue weighted by molar-refractivity contribution is 5.96. The van der Waals surface area contributed by atoms with Crippen LogP contribution in [0.3, 0.4) is 0 Å². The highest BCUT2D eigenvalue weighted by atomic mass is 16.5. The van der Waals surface area contributed by atoms with E-state index < -0.39 is 0 Å². The van der Waals surface area contributed by atoms with Gasteiger partial charge in [-0.25, -0.2) is 4.79 Å². The Kier molecular flexibility index (Phi) is 5.24. The third-order valence-corrected chi connectivity index (χ3v) is 4.06. The van der Waals surface area contributed by atoms with Crippen LogP contribution in [0.1, 0.15) is 34.0 Å². The van der Waals surface area contributed by atoms with Gasteiger partial charge in [-0.3, -0.25) is 4.98 Å². The van der Waals surface area contributed by atoms with Gasteiger partial charge in [-0.1, -0.05) is 54.1 Å². The van der Waals surface area contributed by atoms with E-state index in [0.29, 0.717) is 17.9 Å². The molecule has 0 radical (unpaired) electrons. The highest BCUT2D eigenvalue weighted by Crippen LogP contribution is 2.28. The summed E-state index contributed by atoms with van der Waals surface area (Å²) in [4.78, 5) is 16.8. The number of nitrogens with zero attached hydrogens (tertiary/aromatic N) is 1. The standard InChI is InChI=1S/C22H21NO2/c1-3-25-22(24)20-10-7-13-23-21(20)19-12-11-16(2)14-18(19)15-17-8-5-4-6-9-17/h4-14H,3,15H2,1-2H3. The second-order valence-electron chi connectivity index (χ2n) is 5.94. The predicted octanol–water partition coefficient (Wildman–Crippen LogP) is 4.82. The molecule has 3 aromatic rings. The maximum absolute atomic E-state index is 12.3. The quantitative estimate of drug-likeness (QED) is 0.629. The first-order valence-electron chi connectivity index (χ1n) is 8.45. The van der Waals surface area contributed by atoms with Gasteiger partial charge in [0, 0.05) is 11.8 Å². The normalized spacial score (nSPS) is 10.5. The summed E-state index contributed by atoms with van der Waals surface area (Å²) in [5.74, 6) is -0.336. The molecule has 0 spiro atoms.